The molecule has 1 aliphatic carbocycles. The minimum Gasteiger partial charge on any atom is -0.507 e. The third-order valence-electron chi connectivity index (χ3n) is 8.82. The number of allylic oxidation sites excluding steroid dienone is 1. The Bertz CT molecular complexity index is 1580. The van der Waals surface area contributed by atoms with Crippen LogP contribution in [-0.4, -0.2) is 53.7 Å². The van der Waals surface area contributed by atoms with Crippen molar-refractivity contribution in [3.63, 3.8) is 0 Å². The number of halogens is 1. The number of likely N-dealkylation sites (tertiary alicyclic amines) is 1. The maximum absolute atomic E-state index is 13.3. The summed E-state index contributed by atoms with van der Waals surface area (Å²) in [5.41, 5.74) is 4.62. The van der Waals surface area contributed by atoms with Crippen LogP contribution in [0.1, 0.15) is 30.4 Å². The van der Waals surface area contributed by atoms with Crippen molar-refractivity contribution in [3.05, 3.63) is 106 Å². The Morgan fingerprint density at radius 3 is 2.51 bits per heavy atom. The van der Waals surface area contributed by atoms with E-state index in [4.69, 9.17) is 9.39 Å². The summed E-state index contributed by atoms with van der Waals surface area (Å²) in [5, 5.41) is 21.5. The first-order chi connectivity index (χ1) is 20.8. The van der Waals surface area contributed by atoms with Crippen LogP contribution in [0.15, 0.2) is 94.5 Å². The van der Waals surface area contributed by atoms with E-state index in [-0.39, 0.29) is 36.4 Å². The number of rotatable bonds is 8. The van der Waals surface area contributed by atoms with Crippen molar-refractivity contribution < 1.29 is 29.1 Å². The minimum absolute atomic E-state index is 0.174. The van der Waals surface area contributed by atoms with Crippen LogP contribution in [0.3, 0.4) is 0 Å². The van der Waals surface area contributed by atoms with Crippen molar-refractivity contribution >= 4 is 46.5 Å². The number of aromatic hydroxyl groups is 1. The number of imide groups is 1. The molecule has 0 unspecified atom stereocenters. The van der Waals surface area contributed by atoms with Crippen LogP contribution < -0.4 is 4.74 Å². The van der Waals surface area contributed by atoms with E-state index in [1.165, 1.54) is 4.90 Å². The van der Waals surface area contributed by atoms with Gasteiger partial charge in [0, 0.05) is 17.1 Å². The monoisotopic (exact) mass is 641 g/mol. The quantitative estimate of drug-likeness (QED) is 0.136. The number of nitrogens with zero attached hydrogens (tertiary/aromatic N) is 1. The van der Waals surface area contributed by atoms with Gasteiger partial charge in [-0.2, -0.15) is 0 Å². The lowest BCUT2D eigenvalue weighted by Gasteiger charge is -2.43. The predicted molar refractivity (Wildman–Crippen MR) is 169 cm³/mol. The normalized spacial score (nSPS) is 23.8. The number of hydrogen-bond acceptors (Lipinski definition) is 6. The molecular weight excluding hydrogens is 609 g/mol. The van der Waals surface area contributed by atoms with E-state index in [1.54, 1.807) is 19.2 Å². The molecule has 0 spiro atoms. The predicted octanol–water partition coefficient (Wildman–Crippen LogP) is 5.98. The second kappa shape index (κ2) is 12.5. The van der Waals surface area contributed by atoms with Crippen molar-refractivity contribution in [2.24, 2.45) is 17.8 Å². The fourth-order valence-corrected chi connectivity index (χ4v) is 7.19. The summed E-state index contributed by atoms with van der Waals surface area (Å²) in [4.78, 5) is 27.7. The molecule has 4 atom stereocenters. The summed E-state index contributed by atoms with van der Waals surface area (Å²) >= 11 is 3.50. The van der Waals surface area contributed by atoms with Crippen LogP contribution >= 0.6 is 15.9 Å². The van der Waals surface area contributed by atoms with Crippen LogP contribution in [0.2, 0.25) is 6.32 Å². The maximum Gasteiger partial charge on any atom is 0.455 e. The summed E-state index contributed by atoms with van der Waals surface area (Å²) in [7, 11) is 0.491. The molecule has 2 heterocycles. The molecule has 2 amide bonds. The Morgan fingerprint density at radius 1 is 1.05 bits per heavy atom. The van der Waals surface area contributed by atoms with Gasteiger partial charge in [-0.15, -0.1) is 0 Å². The highest BCUT2D eigenvalue weighted by atomic mass is 79.9. The van der Waals surface area contributed by atoms with E-state index in [2.05, 4.69) is 15.9 Å². The van der Waals surface area contributed by atoms with Crippen LogP contribution in [0.5, 0.6) is 11.5 Å². The van der Waals surface area contributed by atoms with Gasteiger partial charge in [0.25, 0.3) is 0 Å². The van der Waals surface area contributed by atoms with E-state index in [9.17, 15) is 19.7 Å². The van der Waals surface area contributed by atoms with Gasteiger partial charge in [-0.05, 0) is 90.2 Å². The van der Waals surface area contributed by atoms with Crippen LogP contribution in [0.4, 0.5) is 0 Å². The van der Waals surface area contributed by atoms with Crippen molar-refractivity contribution in [1.82, 2.24) is 4.90 Å². The molecule has 0 aromatic heterocycles. The van der Waals surface area contributed by atoms with E-state index in [0.29, 0.717) is 24.8 Å². The van der Waals surface area contributed by atoms with Gasteiger partial charge in [0.1, 0.15) is 18.1 Å². The van der Waals surface area contributed by atoms with Gasteiger partial charge >= 0.3 is 7.12 Å². The molecule has 7 nitrogen and oxygen atoms in total. The SMILES string of the molecule is CN1C(=O)[C@@H]2[C@@H](CC(COc3ccccc3)=C3[C@@H](CC/C(=C/c4cc(Br)ccc4O)c4ccccc4)OB(O)C[C@@H]32)C1=O. The standard InChI is InChI=1S/C34H33BBrNO6/c1-37-33(39)27-18-24(20-42-26-10-6-3-7-11-26)31-28(32(27)34(37)40)19-35(41)43-30(31)15-12-22(21-8-4-2-5-9-21)16-23-17-25(36)13-14-29(23)38/h2-11,13-14,16-17,27-28,30,32,38,41H,12,15,18-20H2,1H3/b22-16-/t27-,28+,30-,32-/m1/s1. The summed E-state index contributed by atoms with van der Waals surface area (Å²) in [5.74, 6) is -0.771. The van der Waals surface area contributed by atoms with Gasteiger partial charge in [-0.3, -0.25) is 14.5 Å². The number of para-hydroxylation sites is 1. The summed E-state index contributed by atoms with van der Waals surface area (Å²) in [6.45, 7) is 0.271. The molecule has 3 aromatic rings. The van der Waals surface area contributed by atoms with Gasteiger partial charge in [0.15, 0.2) is 0 Å². The number of phenolic OH excluding ortho intramolecular Hbond substituents is 1. The number of hydrogen-bond donors (Lipinski definition) is 2. The lowest BCUT2D eigenvalue weighted by atomic mass is 9.58. The first-order valence-electron chi connectivity index (χ1n) is 14.6. The lowest BCUT2D eigenvalue weighted by Crippen LogP contribution is -2.46. The Kier molecular flexibility index (Phi) is 8.57. The minimum atomic E-state index is -1.05. The molecular formula is C34H33BBrNO6. The number of carbonyl (C=O) groups excluding carboxylic acids is 2. The Labute approximate surface area is 260 Å². The zero-order chi connectivity index (χ0) is 30.1. The fraction of sp³-hybridized carbons (Fsp3) is 0.294. The van der Waals surface area contributed by atoms with Crippen LogP contribution in [0.25, 0.3) is 11.6 Å². The molecule has 0 bridgehead atoms. The highest BCUT2D eigenvalue weighted by Gasteiger charge is 2.56. The lowest BCUT2D eigenvalue weighted by molar-refractivity contribution is -0.138. The van der Waals surface area contributed by atoms with Crippen LogP contribution in [-0.2, 0) is 14.2 Å². The van der Waals surface area contributed by atoms with E-state index in [1.807, 2.05) is 72.8 Å². The third kappa shape index (κ3) is 6.07. The smallest absolute Gasteiger partial charge is 0.455 e. The van der Waals surface area contributed by atoms with Gasteiger partial charge in [-0.1, -0.05) is 64.5 Å². The van der Waals surface area contributed by atoms with E-state index in [0.717, 1.165) is 32.5 Å². The van der Waals surface area contributed by atoms with Gasteiger partial charge in [0.2, 0.25) is 11.8 Å². The first-order valence-corrected chi connectivity index (χ1v) is 15.4. The molecule has 2 fully saturated rings. The van der Waals surface area contributed by atoms with Gasteiger partial charge in [-0.25, -0.2) is 0 Å². The average Bonchev–Trinajstić information content (AvgIpc) is 3.23. The third-order valence-corrected chi connectivity index (χ3v) is 9.32. The molecule has 2 saturated heterocycles. The molecule has 2 aliphatic heterocycles. The van der Waals surface area contributed by atoms with Crippen molar-refractivity contribution in [3.8, 4) is 11.5 Å². The van der Waals surface area contributed by atoms with Crippen molar-refractivity contribution in [2.75, 3.05) is 13.7 Å². The molecule has 9 heteroatoms. The maximum atomic E-state index is 13.3. The molecule has 6 rings (SSSR count). The summed E-state index contributed by atoms with van der Waals surface area (Å²) in [6, 6.07) is 24.8. The number of amides is 2. The second-order valence-electron chi connectivity index (χ2n) is 11.4. The van der Waals surface area contributed by atoms with E-state index < -0.39 is 25.1 Å². The largest absolute Gasteiger partial charge is 0.507 e. The highest BCUT2D eigenvalue weighted by molar-refractivity contribution is 9.10. The molecule has 220 valence electrons. The molecule has 3 aliphatic rings. The zero-order valence-electron chi connectivity index (χ0n) is 23.9. The number of benzene rings is 3. The second-order valence-corrected chi connectivity index (χ2v) is 12.3. The Morgan fingerprint density at radius 2 is 1.77 bits per heavy atom. The topological polar surface area (TPSA) is 96.3 Å². The van der Waals surface area contributed by atoms with Gasteiger partial charge in [0.05, 0.1) is 17.9 Å². The molecule has 0 radical (unpaired) electrons. The highest BCUT2D eigenvalue weighted by Crippen LogP contribution is 2.50. The number of fused-ring (bicyclic) bond motifs is 3. The number of ether oxygens (including phenoxy) is 1. The van der Waals surface area contributed by atoms with Gasteiger partial charge < -0.3 is 19.5 Å². The molecule has 43 heavy (non-hydrogen) atoms. The first kappa shape index (κ1) is 29.4. The Balaban J connectivity index is 1.36. The average molecular weight is 642 g/mol. The zero-order valence-corrected chi connectivity index (χ0v) is 25.4. The molecule has 2 N–H and O–H groups in total. The van der Waals surface area contributed by atoms with Crippen LogP contribution in [0, 0.1) is 17.8 Å². The van der Waals surface area contributed by atoms with E-state index >= 15 is 0 Å². The summed E-state index contributed by atoms with van der Waals surface area (Å²) < 4.78 is 13.2. The van der Waals surface area contributed by atoms with Crippen molar-refractivity contribution in [1.29, 1.82) is 0 Å². The number of phenols is 1. The van der Waals surface area contributed by atoms with Crippen molar-refractivity contribution in [2.45, 2.75) is 31.7 Å². The number of carbonyl (C=O) groups is 2. The fourth-order valence-electron chi connectivity index (χ4n) is 6.81. The Hall–Kier alpha value is -3.66. The summed E-state index contributed by atoms with van der Waals surface area (Å²) in [6.07, 6.45) is 3.29. The molecule has 0 saturated carbocycles. The molecule has 3 aromatic carbocycles.